The van der Waals surface area contributed by atoms with Crippen LogP contribution in [0, 0.1) is 5.92 Å². The lowest BCUT2D eigenvalue weighted by atomic mass is 10.0. The van der Waals surface area contributed by atoms with Crippen LogP contribution in [0.3, 0.4) is 0 Å². The molecule has 0 aliphatic heterocycles. The zero-order valence-electron chi connectivity index (χ0n) is 21.2. The highest BCUT2D eigenvalue weighted by Crippen LogP contribution is 2.31. The fraction of sp³-hybridized carbons (Fsp3) is 0.483. The van der Waals surface area contributed by atoms with E-state index in [2.05, 4.69) is 6.92 Å². The zero-order chi connectivity index (χ0) is 24.8. The van der Waals surface area contributed by atoms with Gasteiger partial charge in [-0.25, -0.2) is 4.98 Å². The summed E-state index contributed by atoms with van der Waals surface area (Å²) in [6.07, 6.45) is 7.35. The van der Waals surface area contributed by atoms with Crippen molar-refractivity contribution < 1.29 is 9.53 Å². The highest BCUT2D eigenvalue weighted by atomic mass is 16.5. The minimum absolute atomic E-state index is 0.137. The minimum Gasteiger partial charge on any atom is -0.492 e. The molecule has 1 atom stereocenters. The molecule has 0 spiro atoms. The van der Waals surface area contributed by atoms with E-state index in [1.807, 2.05) is 61.2 Å². The van der Waals surface area contributed by atoms with E-state index >= 15 is 0 Å². The summed E-state index contributed by atoms with van der Waals surface area (Å²) in [4.78, 5) is 34.1. The number of ether oxygens (including phenoxy) is 1. The van der Waals surface area contributed by atoms with Crippen LogP contribution in [-0.4, -0.2) is 33.5 Å². The third-order valence-corrected chi connectivity index (χ3v) is 7.07. The van der Waals surface area contributed by atoms with Gasteiger partial charge in [-0.2, -0.15) is 0 Å². The van der Waals surface area contributed by atoms with Gasteiger partial charge < -0.3 is 9.64 Å². The number of carbonyl (C=O) groups excluding carboxylic acids is 1. The predicted octanol–water partition coefficient (Wildman–Crippen LogP) is 6.05. The van der Waals surface area contributed by atoms with Crippen LogP contribution < -0.4 is 10.3 Å². The average Bonchev–Trinajstić information content (AvgIpc) is 3.40. The van der Waals surface area contributed by atoms with Gasteiger partial charge in [-0.15, -0.1) is 0 Å². The first-order valence-corrected chi connectivity index (χ1v) is 13.1. The van der Waals surface area contributed by atoms with Crippen molar-refractivity contribution in [1.29, 1.82) is 0 Å². The van der Waals surface area contributed by atoms with Crippen molar-refractivity contribution in [3.05, 3.63) is 64.7 Å². The van der Waals surface area contributed by atoms with Crippen LogP contribution in [0.15, 0.2) is 53.3 Å². The topological polar surface area (TPSA) is 64.4 Å². The Kier molecular flexibility index (Phi) is 8.21. The number of nitrogens with zero attached hydrogens (tertiary/aromatic N) is 3. The standard InChI is InChI=1S/C29H37N3O3/c1-4-20-31(27(33)19-18-22-12-6-7-13-22)21(3)28-30-24-15-9-8-14-23(24)29(34)32(28)25-16-10-11-17-26(25)35-5-2/h8-11,14-17,21-22H,4-7,12-13,18-20H2,1-3H3. The summed E-state index contributed by atoms with van der Waals surface area (Å²) in [5.74, 6) is 1.98. The first-order chi connectivity index (χ1) is 17.0. The van der Waals surface area contributed by atoms with Gasteiger partial charge in [-0.05, 0) is 56.9 Å². The second-order valence-corrected chi connectivity index (χ2v) is 9.48. The van der Waals surface area contributed by atoms with Gasteiger partial charge in [-0.3, -0.25) is 14.2 Å². The van der Waals surface area contributed by atoms with Gasteiger partial charge in [0.15, 0.2) is 0 Å². The molecule has 1 heterocycles. The number of hydrogen-bond acceptors (Lipinski definition) is 4. The lowest BCUT2D eigenvalue weighted by molar-refractivity contribution is -0.134. The Morgan fingerprint density at radius 1 is 1.11 bits per heavy atom. The monoisotopic (exact) mass is 475 g/mol. The molecule has 0 bridgehead atoms. The van der Waals surface area contributed by atoms with E-state index in [4.69, 9.17) is 9.72 Å². The van der Waals surface area contributed by atoms with Gasteiger partial charge in [0.2, 0.25) is 5.91 Å². The Bertz CT molecular complexity index is 1210. The summed E-state index contributed by atoms with van der Waals surface area (Å²) >= 11 is 0. The van der Waals surface area contributed by atoms with Crippen molar-refractivity contribution in [2.75, 3.05) is 13.2 Å². The number of benzene rings is 2. The smallest absolute Gasteiger partial charge is 0.266 e. The van der Waals surface area contributed by atoms with Gasteiger partial charge >= 0.3 is 0 Å². The molecule has 0 radical (unpaired) electrons. The van der Waals surface area contributed by atoms with E-state index in [1.54, 1.807) is 10.6 Å². The SMILES string of the molecule is CCCN(C(=O)CCC1CCCC1)C(C)c1nc2ccccc2c(=O)n1-c1ccccc1OCC. The molecular formula is C29H37N3O3. The molecule has 6 nitrogen and oxygen atoms in total. The summed E-state index contributed by atoms with van der Waals surface area (Å²) in [6, 6.07) is 14.6. The second kappa shape index (κ2) is 11.5. The number of carbonyl (C=O) groups is 1. The van der Waals surface area contributed by atoms with E-state index in [1.165, 1.54) is 25.7 Å². The van der Waals surface area contributed by atoms with Crippen molar-refractivity contribution in [2.24, 2.45) is 5.92 Å². The Balaban J connectivity index is 1.79. The number of aromatic nitrogens is 2. The van der Waals surface area contributed by atoms with Gasteiger partial charge in [0.05, 0.1) is 29.2 Å². The molecule has 1 aliphatic rings. The Morgan fingerprint density at radius 3 is 2.57 bits per heavy atom. The maximum atomic E-state index is 13.8. The second-order valence-electron chi connectivity index (χ2n) is 9.48. The normalized spacial score (nSPS) is 14.8. The molecule has 1 aliphatic carbocycles. The Labute approximate surface area is 207 Å². The van der Waals surface area contributed by atoms with Crippen LogP contribution >= 0.6 is 0 Å². The molecule has 1 fully saturated rings. The third kappa shape index (κ3) is 5.42. The first-order valence-electron chi connectivity index (χ1n) is 13.1. The maximum Gasteiger partial charge on any atom is 0.266 e. The quantitative estimate of drug-likeness (QED) is 0.358. The summed E-state index contributed by atoms with van der Waals surface area (Å²) in [5.41, 5.74) is 1.13. The first kappa shape index (κ1) is 25.0. The zero-order valence-corrected chi connectivity index (χ0v) is 21.2. The van der Waals surface area contributed by atoms with Crippen LogP contribution in [-0.2, 0) is 4.79 Å². The molecule has 1 saturated carbocycles. The number of amides is 1. The van der Waals surface area contributed by atoms with E-state index in [0.717, 1.165) is 12.8 Å². The van der Waals surface area contributed by atoms with Crippen molar-refractivity contribution in [2.45, 2.75) is 71.8 Å². The lowest BCUT2D eigenvalue weighted by Gasteiger charge is -2.31. The molecule has 0 saturated heterocycles. The fourth-order valence-electron chi connectivity index (χ4n) is 5.27. The number of hydrogen-bond donors (Lipinski definition) is 0. The molecular weight excluding hydrogens is 438 g/mol. The van der Waals surface area contributed by atoms with Crippen LogP contribution in [0.1, 0.15) is 77.6 Å². The molecule has 186 valence electrons. The van der Waals surface area contributed by atoms with Gasteiger partial charge in [-0.1, -0.05) is 56.9 Å². The summed E-state index contributed by atoms with van der Waals surface area (Å²) in [6.45, 7) is 7.10. The van der Waals surface area contributed by atoms with Crippen LogP contribution in [0.2, 0.25) is 0 Å². The maximum absolute atomic E-state index is 13.8. The largest absolute Gasteiger partial charge is 0.492 e. The van der Waals surface area contributed by atoms with Crippen LogP contribution in [0.25, 0.3) is 16.6 Å². The van der Waals surface area contributed by atoms with E-state index in [0.29, 0.717) is 53.7 Å². The predicted molar refractivity (Wildman–Crippen MR) is 140 cm³/mol. The van der Waals surface area contributed by atoms with Crippen LogP contribution in [0.4, 0.5) is 0 Å². The molecule has 1 amide bonds. The Morgan fingerprint density at radius 2 is 1.83 bits per heavy atom. The van der Waals surface area contributed by atoms with E-state index in [-0.39, 0.29) is 17.5 Å². The molecule has 3 aromatic rings. The lowest BCUT2D eigenvalue weighted by Crippen LogP contribution is -2.38. The molecule has 0 N–H and O–H groups in total. The summed E-state index contributed by atoms with van der Waals surface area (Å²) < 4.78 is 7.52. The number of rotatable bonds is 10. The minimum atomic E-state index is -0.363. The molecule has 35 heavy (non-hydrogen) atoms. The molecule has 4 rings (SSSR count). The highest BCUT2D eigenvalue weighted by molar-refractivity contribution is 5.79. The average molecular weight is 476 g/mol. The fourth-order valence-corrected chi connectivity index (χ4v) is 5.27. The van der Waals surface area contributed by atoms with Gasteiger partial charge in [0.25, 0.3) is 5.56 Å². The number of para-hydroxylation sites is 3. The van der Waals surface area contributed by atoms with Gasteiger partial charge in [0.1, 0.15) is 11.6 Å². The van der Waals surface area contributed by atoms with Gasteiger partial charge in [0, 0.05) is 13.0 Å². The van der Waals surface area contributed by atoms with Crippen molar-refractivity contribution in [1.82, 2.24) is 14.5 Å². The molecule has 6 heteroatoms. The van der Waals surface area contributed by atoms with Crippen molar-refractivity contribution in [3.63, 3.8) is 0 Å². The van der Waals surface area contributed by atoms with E-state index < -0.39 is 0 Å². The summed E-state index contributed by atoms with van der Waals surface area (Å²) in [7, 11) is 0. The highest BCUT2D eigenvalue weighted by Gasteiger charge is 2.28. The van der Waals surface area contributed by atoms with Crippen molar-refractivity contribution in [3.8, 4) is 11.4 Å². The molecule has 1 aromatic heterocycles. The van der Waals surface area contributed by atoms with Crippen LogP contribution in [0.5, 0.6) is 5.75 Å². The third-order valence-electron chi connectivity index (χ3n) is 7.07. The Hall–Kier alpha value is -3.15. The molecule has 1 unspecified atom stereocenters. The summed E-state index contributed by atoms with van der Waals surface area (Å²) in [5, 5.41) is 0.546. The van der Waals surface area contributed by atoms with E-state index in [9.17, 15) is 9.59 Å². The number of fused-ring (bicyclic) bond motifs is 1. The van der Waals surface area contributed by atoms with Crippen molar-refractivity contribution >= 4 is 16.8 Å². The molecule has 2 aromatic carbocycles.